The SMILES string of the molecule is Cn1c(CCc2ccc(C(=N)N)cc2)nc2cc(N(Cc3ccc4ccccc4c3)C(=O)CNCc3ccc([N+](=O)[O-])cc3)ccc21. The molecule has 5 aromatic carbocycles. The molecule has 0 radical (unpaired) electrons. The monoisotopic (exact) mass is 625 g/mol. The first-order chi connectivity index (χ1) is 22.7. The minimum atomic E-state index is -0.429. The molecule has 0 aliphatic heterocycles. The Kier molecular flexibility index (Phi) is 9.03. The van der Waals surface area contributed by atoms with Crippen molar-refractivity contribution in [1.29, 1.82) is 5.41 Å². The fraction of sp³-hybridized carbons (Fsp3) is 0.162. The van der Waals surface area contributed by atoms with E-state index in [9.17, 15) is 14.9 Å². The molecule has 0 fully saturated rings. The van der Waals surface area contributed by atoms with E-state index >= 15 is 0 Å². The number of nitrogens with one attached hydrogen (secondary N) is 2. The van der Waals surface area contributed by atoms with Gasteiger partial charge in [0.05, 0.1) is 29.0 Å². The van der Waals surface area contributed by atoms with Crippen molar-refractivity contribution >= 4 is 44.9 Å². The van der Waals surface area contributed by atoms with E-state index in [-0.39, 0.29) is 24.0 Å². The molecule has 0 saturated heterocycles. The van der Waals surface area contributed by atoms with Gasteiger partial charge in [-0.2, -0.15) is 0 Å². The smallest absolute Gasteiger partial charge is 0.269 e. The Balaban J connectivity index is 1.23. The molecule has 10 nitrogen and oxygen atoms in total. The zero-order valence-electron chi connectivity index (χ0n) is 26.0. The fourth-order valence-corrected chi connectivity index (χ4v) is 5.72. The number of hydrogen-bond acceptors (Lipinski definition) is 6. The minimum absolute atomic E-state index is 0.0304. The number of nitrogens with two attached hydrogens (primary N) is 1. The molecular weight excluding hydrogens is 590 g/mol. The van der Waals surface area contributed by atoms with E-state index in [1.54, 1.807) is 17.0 Å². The van der Waals surface area contributed by atoms with E-state index in [1.165, 1.54) is 12.1 Å². The van der Waals surface area contributed by atoms with Gasteiger partial charge in [0.2, 0.25) is 5.91 Å². The number of nitrogen functional groups attached to an aromatic ring is 1. The highest BCUT2D eigenvalue weighted by Gasteiger charge is 2.19. The number of non-ortho nitro benzene ring substituents is 1. The largest absolute Gasteiger partial charge is 0.384 e. The van der Waals surface area contributed by atoms with Crippen LogP contribution in [0.25, 0.3) is 21.8 Å². The zero-order valence-corrected chi connectivity index (χ0v) is 26.0. The molecule has 4 N–H and O–H groups in total. The topological polar surface area (TPSA) is 143 Å². The van der Waals surface area contributed by atoms with Crippen molar-refractivity contribution in [3.63, 3.8) is 0 Å². The molecule has 0 bridgehead atoms. The Morgan fingerprint density at radius 3 is 2.32 bits per heavy atom. The van der Waals surface area contributed by atoms with Crippen molar-refractivity contribution in [2.24, 2.45) is 12.8 Å². The molecule has 1 heterocycles. The van der Waals surface area contributed by atoms with Gasteiger partial charge in [0.1, 0.15) is 11.7 Å². The van der Waals surface area contributed by atoms with Gasteiger partial charge < -0.3 is 20.5 Å². The lowest BCUT2D eigenvalue weighted by Gasteiger charge is -2.24. The van der Waals surface area contributed by atoms with Crippen LogP contribution in [0.4, 0.5) is 11.4 Å². The molecule has 0 atom stereocenters. The number of nitro groups is 1. The van der Waals surface area contributed by atoms with Gasteiger partial charge in [-0.15, -0.1) is 0 Å². The van der Waals surface area contributed by atoms with Gasteiger partial charge in [-0.3, -0.25) is 20.3 Å². The Hall–Kier alpha value is -5.87. The summed E-state index contributed by atoms with van der Waals surface area (Å²) in [6, 6.07) is 34.3. The van der Waals surface area contributed by atoms with Crippen LogP contribution in [0.2, 0.25) is 0 Å². The number of imidazole rings is 1. The van der Waals surface area contributed by atoms with Gasteiger partial charge in [-0.25, -0.2) is 4.98 Å². The van der Waals surface area contributed by atoms with E-state index in [4.69, 9.17) is 16.1 Å². The molecular formula is C37H35N7O3. The quantitative estimate of drug-likeness (QED) is 0.0656. The summed E-state index contributed by atoms with van der Waals surface area (Å²) in [6.45, 7) is 0.858. The summed E-state index contributed by atoms with van der Waals surface area (Å²) in [7, 11) is 2.00. The summed E-state index contributed by atoms with van der Waals surface area (Å²) in [5.41, 5.74) is 11.8. The van der Waals surface area contributed by atoms with Gasteiger partial charge in [-0.05, 0) is 58.1 Å². The molecule has 0 unspecified atom stereocenters. The third kappa shape index (κ3) is 7.18. The number of carbonyl (C=O) groups excluding carboxylic acids is 1. The van der Waals surface area contributed by atoms with E-state index < -0.39 is 4.92 Å². The maximum Gasteiger partial charge on any atom is 0.269 e. The lowest BCUT2D eigenvalue weighted by molar-refractivity contribution is -0.384. The van der Waals surface area contributed by atoms with Gasteiger partial charge in [0, 0.05) is 43.4 Å². The van der Waals surface area contributed by atoms with Gasteiger partial charge >= 0.3 is 0 Å². The fourth-order valence-electron chi connectivity index (χ4n) is 5.72. The van der Waals surface area contributed by atoms with E-state index in [1.807, 2.05) is 67.7 Å². The molecule has 6 rings (SSSR count). The first kappa shape index (κ1) is 31.1. The number of amides is 1. The second kappa shape index (κ2) is 13.6. The molecule has 10 heteroatoms. The molecule has 1 amide bonds. The van der Waals surface area contributed by atoms with Crippen LogP contribution in [-0.2, 0) is 37.8 Å². The van der Waals surface area contributed by atoms with Crippen molar-refractivity contribution in [3.05, 3.63) is 147 Å². The van der Waals surface area contributed by atoms with Crippen LogP contribution >= 0.6 is 0 Å². The number of aryl methyl sites for hydroxylation is 3. The second-order valence-electron chi connectivity index (χ2n) is 11.6. The number of hydrogen-bond donors (Lipinski definition) is 3. The second-order valence-corrected chi connectivity index (χ2v) is 11.6. The number of benzene rings is 5. The van der Waals surface area contributed by atoms with Crippen molar-refractivity contribution in [1.82, 2.24) is 14.9 Å². The van der Waals surface area contributed by atoms with Gasteiger partial charge in [-0.1, -0.05) is 72.8 Å². The highest BCUT2D eigenvalue weighted by Crippen LogP contribution is 2.26. The number of fused-ring (bicyclic) bond motifs is 2. The molecule has 6 aromatic rings. The van der Waals surface area contributed by atoms with Crippen molar-refractivity contribution < 1.29 is 9.72 Å². The van der Waals surface area contributed by atoms with Crippen molar-refractivity contribution in [2.45, 2.75) is 25.9 Å². The first-order valence-corrected chi connectivity index (χ1v) is 15.4. The van der Waals surface area contributed by atoms with Crippen LogP contribution < -0.4 is 16.0 Å². The summed E-state index contributed by atoms with van der Waals surface area (Å²) >= 11 is 0. The summed E-state index contributed by atoms with van der Waals surface area (Å²) in [5.74, 6) is 0.880. The number of rotatable bonds is 12. The molecule has 0 aliphatic carbocycles. The van der Waals surface area contributed by atoms with E-state index in [0.29, 0.717) is 18.7 Å². The summed E-state index contributed by atoms with van der Waals surface area (Å²) in [4.78, 5) is 31.1. The highest BCUT2D eigenvalue weighted by atomic mass is 16.6. The van der Waals surface area contributed by atoms with Crippen molar-refractivity contribution in [3.8, 4) is 0 Å². The molecule has 1 aromatic heterocycles. The van der Waals surface area contributed by atoms with E-state index in [2.05, 4.69) is 34.1 Å². The Bertz CT molecular complexity index is 2090. The Morgan fingerprint density at radius 2 is 1.60 bits per heavy atom. The first-order valence-electron chi connectivity index (χ1n) is 15.4. The van der Waals surface area contributed by atoms with Gasteiger partial charge in [0.25, 0.3) is 5.69 Å². The molecule has 47 heavy (non-hydrogen) atoms. The predicted octanol–water partition coefficient (Wildman–Crippen LogP) is 6.03. The molecule has 236 valence electrons. The van der Waals surface area contributed by atoms with Crippen molar-refractivity contribution in [2.75, 3.05) is 11.4 Å². The van der Waals surface area contributed by atoms with Crippen LogP contribution in [0, 0.1) is 15.5 Å². The minimum Gasteiger partial charge on any atom is -0.384 e. The van der Waals surface area contributed by atoms with E-state index in [0.717, 1.165) is 62.8 Å². The number of nitro benzene ring substituents is 1. The summed E-state index contributed by atoms with van der Waals surface area (Å²) in [5, 5.41) is 24.0. The number of carbonyl (C=O) groups is 1. The number of amidine groups is 1. The average Bonchev–Trinajstić information content (AvgIpc) is 3.40. The summed E-state index contributed by atoms with van der Waals surface area (Å²) in [6.07, 6.45) is 1.52. The molecule has 0 saturated carbocycles. The Labute approximate surface area is 272 Å². The lowest BCUT2D eigenvalue weighted by Crippen LogP contribution is -2.37. The van der Waals surface area contributed by atoms with Crippen LogP contribution in [0.1, 0.15) is 28.1 Å². The third-order valence-corrected chi connectivity index (χ3v) is 8.38. The number of nitrogens with zero attached hydrogens (tertiary/aromatic N) is 4. The maximum absolute atomic E-state index is 13.8. The number of anilines is 1. The molecule has 0 aliphatic rings. The van der Waals surface area contributed by atoms with Crippen LogP contribution in [0.5, 0.6) is 0 Å². The predicted molar refractivity (Wildman–Crippen MR) is 186 cm³/mol. The van der Waals surface area contributed by atoms with Crippen LogP contribution in [-0.4, -0.2) is 32.8 Å². The summed E-state index contributed by atoms with van der Waals surface area (Å²) < 4.78 is 2.09. The van der Waals surface area contributed by atoms with Crippen LogP contribution in [0.3, 0.4) is 0 Å². The number of aromatic nitrogens is 2. The maximum atomic E-state index is 13.8. The van der Waals surface area contributed by atoms with Gasteiger partial charge in [0.15, 0.2) is 0 Å². The Morgan fingerprint density at radius 1 is 0.894 bits per heavy atom. The zero-order chi connectivity index (χ0) is 32.9. The lowest BCUT2D eigenvalue weighted by atomic mass is 10.1. The standard InChI is InChI=1S/C37H35N7O3/c1-42-34-18-17-32(21-33(34)41-35(42)19-11-25-6-13-29(14-7-25)37(38)39)43(24-27-8-12-28-4-2-3-5-30(28)20-27)36(45)23-40-22-26-9-15-31(16-10-26)44(46)47/h2-10,12-18,20-21,40H,11,19,22-24H2,1H3,(H3,38,39). The molecule has 0 spiro atoms. The van der Waals surface area contributed by atoms with Crippen LogP contribution in [0.15, 0.2) is 109 Å². The normalized spacial score (nSPS) is 11.2. The highest BCUT2D eigenvalue weighted by molar-refractivity contribution is 5.97. The third-order valence-electron chi connectivity index (χ3n) is 8.38. The average molecular weight is 626 g/mol.